The van der Waals surface area contributed by atoms with E-state index in [-0.39, 0.29) is 0 Å². The Labute approximate surface area is 105 Å². The van der Waals surface area contributed by atoms with Crippen molar-refractivity contribution >= 4 is 0 Å². The van der Waals surface area contributed by atoms with E-state index in [0.29, 0.717) is 0 Å². The molecule has 0 amide bonds. The summed E-state index contributed by atoms with van der Waals surface area (Å²) in [6, 6.07) is 5.22. The van der Waals surface area contributed by atoms with Gasteiger partial charge in [-0.05, 0) is 56.2 Å². The van der Waals surface area contributed by atoms with Gasteiger partial charge in [0, 0.05) is 17.9 Å². The second kappa shape index (κ2) is 6.15. The Morgan fingerprint density at radius 1 is 1.41 bits per heavy atom. The highest BCUT2D eigenvalue weighted by atomic mass is 14.9. The van der Waals surface area contributed by atoms with Crippen molar-refractivity contribution in [2.24, 2.45) is 5.92 Å². The summed E-state index contributed by atoms with van der Waals surface area (Å²) in [6.45, 7) is 5.66. The van der Waals surface area contributed by atoms with E-state index in [1.54, 1.807) is 0 Å². The van der Waals surface area contributed by atoms with Gasteiger partial charge in [0.1, 0.15) is 0 Å². The third-order valence-corrected chi connectivity index (χ3v) is 3.52. The molecule has 1 fully saturated rings. The summed E-state index contributed by atoms with van der Waals surface area (Å²) in [7, 11) is 0. The first-order valence-corrected chi connectivity index (χ1v) is 6.95. The molecule has 0 radical (unpaired) electrons. The summed E-state index contributed by atoms with van der Waals surface area (Å²) >= 11 is 0. The Balaban J connectivity index is 1.68. The fourth-order valence-electron chi connectivity index (χ4n) is 1.96. The number of aromatic nitrogens is 1. The maximum absolute atomic E-state index is 4.51. The molecule has 1 unspecified atom stereocenters. The summed E-state index contributed by atoms with van der Waals surface area (Å²) in [5.74, 6) is 0.753. The van der Waals surface area contributed by atoms with E-state index in [4.69, 9.17) is 0 Å². The highest BCUT2D eigenvalue weighted by molar-refractivity contribution is 5.13. The molecule has 0 aliphatic heterocycles. The number of nitrogens with one attached hydrogen (secondary N) is 1. The van der Waals surface area contributed by atoms with Crippen molar-refractivity contribution in [1.29, 1.82) is 0 Å². The number of nitrogens with zero attached hydrogens (tertiary/aromatic N) is 1. The molecule has 0 aromatic carbocycles. The first-order valence-electron chi connectivity index (χ1n) is 6.95. The van der Waals surface area contributed by atoms with Crippen molar-refractivity contribution in [3.63, 3.8) is 0 Å². The predicted molar refractivity (Wildman–Crippen MR) is 72.1 cm³/mol. The van der Waals surface area contributed by atoms with Crippen LogP contribution in [0.1, 0.15) is 44.4 Å². The van der Waals surface area contributed by atoms with Crippen molar-refractivity contribution in [2.45, 2.75) is 52.0 Å². The molecular weight excluding hydrogens is 208 g/mol. The maximum atomic E-state index is 4.51. The largest absolute Gasteiger partial charge is 0.314 e. The van der Waals surface area contributed by atoms with Gasteiger partial charge in [0.05, 0.1) is 0 Å². The van der Waals surface area contributed by atoms with Gasteiger partial charge in [-0.15, -0.1) is 0 Å². The quantitative estimate of drug-likeness (QED) is 0.782. The number of aryl methyl sites for hydroxylation is 2. The average molecular weight is 232 g/mol. The Kier molecular flexibility index (Phi) is 4.55. The van der Waals surface area contributed by atoms with Gasteiger partial charge in [0.2, 0.25) is 0 Å². The van der Waals surface area contributed by atoms with Gasteiger partial charge < -0.3 is 5.32 Å². The lowest BCUT2D eigenvalue weighted by Gasteiger charge is -2.11. The second-order valence-corrected chi connectivity index (χ2v) is 5.34. The van der Waals surface area contributed by atoms with Crippen LogP contribution in [0.25, 0.3) is 0 Å². The van der Waals surface area contributed by atoms with E-state index in [2.05, 4.69) is 36.3 Å². The fraction of sp³-hybridized carbons (Fsp3) is 0.667. The lowest BCUT2D eigenvalue weighted by Crippen LogP contribution is -2.23. The molecule has 2 heteroatoms. The van der Waals surface area contributed by atoms with Crippen molar-refractivity contribution in [2.75, 3.05) is 6.54 Å². The van der Waals surface area contributed by atoms with Gasteiger partial charge in [-0.3, -0.25) is 4.98 Å². The minimum Gasteiger partial charge on any atom is -0.314 e. The van der Waals surface area contributed by atoms with E-state index in [9.17, 15) is 0 Å². The molecule has 1 saturated carbocycles. The van der Waals surface area contributed by atoms with Crippen LogP contribution in [0.15, 0.2) is 18.3 Å². The lowest BCUT2D eigenvalue weighted by atomic mass is 10.0. The predicted octanol–water partition coefficient (Wildman–Crippen LogP) is 2.96. The number of rotatable bonds is 7. The number of hydrogen-bond acceptors (Lipinski definition) is 2. The van der Waals surface area contributed by atoms with Crippen LogP contribution in [0.2, 0.25) is 0 Å². The van der Waals surface area contributed by atoms with Crippen LogP contribution in [0.3, 0.4) is 0 Å². The maximum Gasteiger partial charge on any atom is 0.0403 e. The van der Waals surface area contributed by atoms with Crippen LogP contribution in [0, 0.1) is 5.92 Å². The molecule has 1 heterocycles. The van der Waals surface area contributed by atoms with Crippen LogP contribution in [0.5, 0.6) is 0 Å². The van der Waals surface area contributed by atoms with Gasteiger partial charge in [0.25, 0.3) is 0 Å². The first kappa shape index (κ1) is 12.6. The molecule has 2 nitrogen and oxygen atoms in total. The van der Waals surface area contributed by atoms with Crippen molar-refractivity contribution in [3.8, 4) is 0 Å². The van der Waals surface area contributed by atoms with Gasteiger partial charge >= 0.3 is 0 Å². The van der Waals surface area contributed by atoms with Gasteiger partial charge in [-0.25, -0.2) is 0 Å². The van der Waals surface area contributed by atoms with E-state index in [0.717, 1.165) is 31.3 Å². The Hall–Kier alpha value is -0.890. The van der Waals surface area contributed by atoms with Crippen LogP contribution in [0.4, 0.5) is 0 Å². The van der Waals surface area contributed by atoms with E-state index < -0.39 is 0 Å². The molecule has 1 atom stereocenters. The third kappa shape index (κ3) is 4.47. The summed E-state index contributed by atoms with van der Waals surface area (Å²) in [6.07, 6.45) is 8.20. The fourth-order valence-corrected chi connectivity index (χ4v) is 1.96. The molecule has 0 saturated heterocycles. The Bertz CT molecular complexity index is 327. The van der Waals surface area contributed by atoms with Gasteiger partial charge in [-0.1, -0.05) is 19.9 Å². The highest BCUT2D eigenvalue weighted by Crippen LogP contribution is 2.19. The SMILES string of the molecule is CCc1ccc(CCC(C)CNC2CC2)nc1. The minimum absolute atomic E-state index is 0.753. The van der Waals surface area contributed by atoms with Gasteiger partial charge in [-0.2, -0.15) is 0 Å². The van der Waals surface area contributed by atoms with E-state index in [1.165, 1.54) is 30.5 Å². The molecule has 17 heavy (non-hydrogen) atoms. The normalized spacial score (nSPS) is 17.1. The molecule has 1 N–H and O–H groups in total. The van der Waals surface area contributed by atoms with E-state index in [1.807, 2.05) is 6.20 Å². The zero-order valence-electron chi connectivity index (χ0n) is 11.1. The zero-order valence-corrected chi connectivity index (χ0v) is 11.1. The van der Waals surface area contributed by atoms with Crippen molar-refractivity contribution in [1.82, 2.24) is 10.3 Å². The van der Waals surface area contributed by atoms with Crippen LogP contribution in [-0.2, 0) is 12.8 Å². The summed E-state index contributed by atoms with van der Waals surface area (Å²) in [4.78, 5) is 4.51. The Morgan fingerprint density at radius 2 is 2.24 bits per heavy atom. The molecule has 0 spiro atoms. The highest BCUT2D eigenvalue weighted by Gasteiger charge is 2.20. The number of hydrogen-bond donors (Lipinski definition) is 1. The second-order valence-electron chi connectivity index (χ2n) is 5.34. The molecule has 2 rings (SSSR count). The molecular formula is C15H24N2. The summed E-state index contributed by atoms with van der Waals surface area (Å²) < 4.78 is 0. The molecule has 0 bridgehead atoms. The van der Waals surface area contributed by atoms with Crippen molar-refractivity contribution < 1.29 is 0 Å². The molecule has 1 aliphatic carbocycles. The van der Waals surface area contributed by atoms with Gasteiger partial charge in [0.15, 0.2) is 0 Å². The standard InChI is InChI=1S/C15H24N2/c1-3-13-5-7-14(17-11-13)6-4-12(2)10-16-15-8-9-15/h5,7,11-12,15-16H,3-4,6,8-10H2,1-2H3. The van der Waals surface area contributed by atoms with E-state index >= 15 is 0 Å². The smallest absolute Gasteiger partial charge is 0.0403 e. The molecule has 1 aromatic heterocycles. The monoisotopic (exact) mass is 232 g/mol. The summed E-state index contributed by atoms with van der Waals surface area (Å²) in [5, 5.41) is 3.59. The molecule has 94 valence electrons. The summed E-state index contributed by atoms with van der Waals surface area (Å²) in [5.41, 5.74) is 2.57. The first-order chi connectivity index (χ1) is 8.28. The van der Waals surface area contributed by atoms with Crippen molar-refractivity contribution in [3.05, 3.63) is 29.6 Å². The minimum atomic E-state index is 0.753. The third-order valence-electron chi connectivity index (χ3n) is 3.52. The molecule has 1 aromatic rings. The van der Waals surface area contributed by atoms with Crippen LogP contribution < -0.4 is 5.32 Å². The number of pyridine rings is 1. The average Bonchev–Trinajstić information content (AvgIpc) is 3.18. The van der Waals surface area contributed by atoms with Crippen LogP contribution in [-0.4, -0.2) is 17.6 Å². The lowest BCUT2D eigenvalue weighted by molar-refractivity contribution is 0.477. The topological polar surface area (TPSA) is 24.9 Å². The van der Waals surface area contributed by atoms with Crippen LogP contribution >= 0.6 is 0 Å². The Morgan fingerprint density at radius 3 is 2.82 bits per heavy atom. The molecule has 1 aliphatic rings. The zero-order chi connectivity index (χ0) is 12.1.